The molecule has 2 heteroatoms. The molecular weight excluding hydrogens is 225 g/mol. The van der Waals surface area contributed by atoms with Crippen molar-refractivity contribution in [2.75, 3.05) is 5.73 Å². The zero-order chi connectivity index (χ0) is 12.5. The highest BCUT2D eigenvalue weighted by molar-refractivity contribution is 5.87. The molecule has 0 unspecified atom stereocenters. The molecule has 0 aliphatic heterocycles. The normalized spacial score (nSPS) is 10.7. The number of nitrogens with two attached hydrogens (primary N) is 1. The van der Waals surface area contributed by atoms with Gasteiger partial charge in [0, 0.05) is 0 Å². The number of hydrogen-bond acceptors (Lipinski definition) is 1. The summed E-state index contributed by atoms with van der Waals surface area (Å²) in [4.78, 5) is 0. The molecule has 0 aromatic heterocycles. The Bertz CT molecular complexity index is 719. The molecule has 0 saturated carbocycles. The first-order chi connectivity index (χ1) is 8.74. The summed E-state index contributed by atoms with van der Waals surface area (Å²) in [5, 5.41) is 2.32. The van der Waals surface area contributed by atoms with Gasteiger partial charge < -0.3 is 5.73 Å². The third kappa shape index (κ3) is 1.82. The van der Waals surface area contributed by atoms with Gasteiger partial charge in [-0.2, -0.15) is 0 Å². The molecule has 0 aliphatic carbocycles. The molecule has 3 rings (SSSR count). The van der Waals surface area contributed by atoms with Crippen LogP contribution in [0.5, 0.6) is 0 Å². The summed E-state index contributed by atoms with van der Waals surface area (Å²) in [5.41, 5.74) is 7.50. The van der Waals surface area contributed by atoms with E-state index in [1.807, 2.05) is 36.4 Å². The fraction of sp³-hybridized carbons (Fsp3) is 0. The highest BCUT2D eigenvalue weighted by Gasteiger charge is 2.03. The lowest BCUT2D eigenvalue weighted by Gasteiger charge is -2.05. The van der Waals surface area contributed by atoms with E-state index in [9.17, 15) is 4.39 Å². The van der Waals surface area contributed by atoms with Crippen molar-refractivity contribution in [1.82, 2.24) is 0 Å². The lowest BCUT2D eigenvalue weighted by Crippen LogP contribution is -1.90. The van der Waals surface area contributed by atoms with Gasteiger partial charge in [-0.3, -0.25) is 0 Å². The Hall–Kier alpha value is -2.35. The zero-order valence-corrected chi connectivity index (χ0v) is 9.73. The van der Waals surface area contributed by atoms with Gasteiger partial charge in [0.1, 0.15) is 5.82 Å². The predicted molar refractivity (Wildman–Crippen MR) is 73.8 cm³/mol. The zero-order valence-electron chi connectivity index (χ0n) is 9.73. The van der Waals surface area contributed by atoms with Crippen LogP contribution in [-0.4, -0.2) is 0 Å². The van der Waals surface area contributed by atoms with Crippen molar-refractivity contribution in [1.29, 1.82) is 0 Å². The molecule has 1 nitrogen and oxygen atoms in total. The number of hydrogen-bond donors (Lipinski definition) is 1. The fourth-order valence-electron chi connectivity index (χ4n) is 2.08. The van der Waals surface area contributed by atoms with Gasteiger partial charge in [0.2, 0.25) is 0 Å². The van der Waals surface area contributed by atoms with Gasteiger partial charge >= 0.3 is 0 Å². The van der Waals surface area contributed by atoms with Crippen LogP contribution in [0.25, 0.3) is 21.9 Å². The van der Waals surface area contributed by atoms with Crippen LogP contribution in [0, 0.1) is 5.82 Å². The molecule has 0 fully saturated rings. The van der Waals surface area contributed by atoms with Crippen molar-refractivity contribution < 1.29 is 4.39 Å². The largest absolute Gasteiger partial charge is 0.396 e. The average molecular weight is 237 g/mol. The molecule has 0 amide bonds. The highest BCUT2D eigenvalue weighted by Crippen LogP contribution is 2.26. The molecule has 0 heterocycles. The molecule has 18 heavy (non-hydrogen) atoms. The number of fused-ring (bicyclic) bond motifs is 1. The standard InChI is InChI=1S/C16H12FN/c17-15-10-14(7-8-16(15)18)13-6-5-11-3-1-2-4-12(11)9-13/h1-10H,18H2. The van der Waals surface area contributed by atoms with E-state index in [0.29, 0.717) is 0 Å². The smallest absolute Gasteiger partial charge is 0.146 e. The molecule has 0 radical (unpaired) electrons. The van der Waals surface area contributed by atoms with Gasteiger partial charge in [0.15, 0.2) is 0 Å². The second-order valence-electron chi connectivity index (χ2n) is 4.30. The van der Waals surface area contributed by atoms with Crippen LogP contribution < -0.4 is 5.73 Å². The second-order valence-corrected chi connectivity index (χ2v) is 4.30. The van der Waals surface area contributed by atoms with Crippen LogP contribution in [0.4, 0.5) is 10.1 Å². The lowest BCUT2D eigenvalue weighted by molar-refractivity contribution is 0.633. The molecule has 0 atom stereocenters. The number of benzene rings is 3. The minimum atomic E-state index is -0.374. The van der Waals surface area contributed by atoms with E-state index >= 15 is 0 Å². The molecule has 3 aromatic rings. The van der Waals surface area contributed by atoms with Crippen LogP contribution in [0.2, 0.25) is 0 Å². The minimum Gasteiger partial charge on any atom is -0.396 e. The van der Waals surface area contributed by atoms with E-state index in [4.69, 9.17) is 5.73 Å². The Labute approximate surface area is 105 Å². The van der Waals surface area contributed by atoms with Crippen molar-refractivity contribution >= 4 is 16.5 Å². The van der Waals surface area contributed by atoms with Crippen molar-refractivity contribution in [3.63, 3.8) is 0 Å². The lowest BCUT2D eigenvalue weighted by atomic mass is 10.0. The van der Waals surface area contributed by atoms with Crippen LogP contribution in [0.1, 0.15) is 0 Å². The predicted octanol–water partition coefficient (Wildman–Crippen LogP) is 4.23. The monoisotopic (exact) mass is 237 g/mol. The Morgan fingerprint density at radius 3 is 2.17 bits per heavy atom. The molecule has 0 saturated heterocycles. The summed E-state index contributed by atoms with van der Waals surface area (Å²) in [6, 6.07) is 19.1. The van der Waals surface area contributed by atoms with E-state index in [1.54, 1.807) is 6.07 Å². The van der Waals surface area contributed by atoms with Gasteiger partial charge in [-0.1, -0.05) is 42.5 Å². The molecular formula is C16H12FN. The van der Waals surface area contributed by atoms with Gasteiger partial charge in [0.25, 0.3) is 0 Å². The first-order valence-corrected chi connectivity index (χ1v) is 5.78. The topological polar surface area (TPSA) is 26.0 Å². The summed E-state index contributed by atoms with van der Waals surface area (Å²) in [6.07, 6.45) is 0. The molecule has 0 aliphatic rings. The highest BCUT2D eigenvalue weighted by atomic mass is 19.1. The van der Waals surface area contributed by atoms with E-state index < -0.39 is 0 Å². The fourth-order valence-corrected chi connectivity index (χ4v) is 2.08. The molecule has 2 N–H and O–H groups in total. The summed E-state index contributed by atoms with van der Waals surface area (Å²) < 4.78 is 13.5. The summed E-state index contributed by atoms with van der Waals surface area (Å²) in [7, 11) is 0. The second kappa shape index (κ2) is 4.15. The number of nitrogen functional groups attached to an aromatic ring is 1. The maximum absolute atomic E-state index is 13.5. The number of rotatable bonds is 1. The quantitative estimate of drug-likeness (QED) is 0.630. The maximum Gasteiger partial charge on any atom is 0.146 e. The van der Waals surface area contributed by atoms with Crippen LogP contribution in [0.15, 0.2) is 60.7 Å². The van der Waals surface area contributed by atoms with Crippen LogP contribution >= 0.6 is 0 Å². The van der Waals surface area contributed by atoms with E-state index in [2.05, 4.69) is 12.1 Å². The Morgan fingerprint density at radius 2 is 1.39 bits per heavy atom. The summed E-state index contributed by atoms with van der Waals surface area (Å²) in [5.74, 6) is -0.374. The van der Waals surface area contributed by atoms with Gasteiger partial charge in [-0.25, -0.2) is 4.39 Å². The first-order valence-electron chi connectivity index (χ1n) is 5.78. The number of anilines is 1. The van der Waals surface area contributed by atoms with Gasteiger partial charge in [0.05, 0.1) is 5.69 Å². The van der Waals surface area contributed by atoms with Crippen molar-refractivity contribution in [2.24, 2.45) is 0 Å². The van der Waals surface area contributed by atoms with E-state index in [0.717, 1.165) is 16.5 Å². The first kappa shape index (κ1) is 10.8. The third-order valence-electron chi connectivity index (χ3n) is 3.08. The van der Waals surface area contributed by atoms with E-state index in [-0.39, 0.29) is 11.5 Å². The summed E-state index contributed by atoms with van der Waals surface area (Å²) >= 11 is 0. The molecule has 3 aromatic carbocycles. The van der Waals surface area contributed by atoms with Crippen molar-refractivity contribution in [2.45, 2.75) is 0 Å². The van der Waals surface area contributed by atoms with Crippen LogP contribution in [-0.2, 0) is 0 Å². The van der Waals surface area contributed by atoms with Gasteiger partial charge in [-0.05, 0) is 40.1 Å². The minimum absolute atomic E-state index is 0.180. The third-order valence-corrected chi connectivity index (χ3v) is 3.08. The molecule has 0 spiro atoms. The van der Waals surface area contributed by atoms with Gasteiger partial charge in [-0.15, -0.1) is 0 Å². The van der Waals surface area contributed by atoms with Crippen molar-refractivity contribution in [3.8, 4) is 11.1 Å². The molecule has 88 valence electrons. The number of halogens is 1. The average Bonchev–Trinajstić information content (AvgIpc) is 2.41. The Kier molecular flexibility index (Phi) is 2.49. The van der Waals surface area contributed by atoms with Crippen molar-refractivity contribution in [3.05, 3.63) is 66.5 Å². The maximum atomic E-state index is 13.5. The molecule has 0 bridgehead atoms. The Balaban J connectivity index is 2.16. The van der Waals surface area contributed by atoms with Crippen LogP contribution in [0.3, 0.4) is 0 Å². The SMILES string of the molecule is Nc1ccc(-c2ccc3ccccc3c2)cc1F. The Morgan fingerprint density at radius 1 is 0.722 bits per heavy atom. The van der Waals surface area contributed by atoms with E-state index in [1.165, 1.54) is 11.5 Å². The summed E-state index contributed by atoms with van der Waals surface area (Å²) in [6.45, 7) is 0.